The fourth-order valence-corrected chi connectivity index (χ4v) is 1.43. The third kappa shape index (κ3) is 5.01. The summed E-state index contributed by atoms with van der Waals surface area (Å²) in [5, 5.41) is 11.7. The Morgan fingerprint density at radius 1 is 1.47 bits per heavy atom. The second kappa shape index (κ2) is 6.24. The van der Waals surface area contributed by atoms with E-state index in [0.29, 0.717) is 17.9 Å². The molecule has 1 rings (SSSR count). The average molecular weight is 260 g/mol. The second-order valence-electron chi connectivity index (χ2n) is 5.37. The quantitative estimate of drug-likeness (QED) is 0.885. The molecule has 19 heavy (non-hydrogen) atoms. The highest BCUT2D eigenvalue weighted by Gasteiger charge is 2.18. The topological polar surface area (TPSA) is 62.1 Å². The summed E-state index contributed by atoms with van der Waals surface area (Å²) in [6, 6.07) is 9.17. The van der Waals surface area contributed by atoms with Crippen molar-refractivity contribution in [2.75, 3.05) is 6.54 Å². The molecule has 0 bridgehead atoms. The van der Waals surface area contributed by atoms with Crippen LogP contribution in [0.1, 0.15) is 38.1 Å². The Morgan fingerprint density at radius 2 is 2.16 bits per heavy atom. The van der Waals surface area contributed by atoms with Crippen LogP contribution in [0, 0.1) is 16.7 Å². The summed E-state index contributed by atoms with van der Waals surface area (Å²) < 4.78 is 5.54. The largest absolute Gasteiger partial charge is 0.491 e. The zero-order chi connectivity index (χ0) is 14.5. The number of hydrogen-bond donors (Lipinski definition) is 1. The lowest BCUT2D eigenvalue weighted by molar-refractivity contribution is 0.0943. The van der Waals surface area contributed by atoms with Gasteiger partial charge in [0.1, 0.15) is 5.75 Å². The van der Waals surface area contributed by atoms with Crippen molar-refractivity contribution < 1.29 is 9.53 Å². The molecule has 0 saturated carbocycles. The van der Waals surface area contributed by atoms with Crippen LogP contribution < -0.4 is 10.1 Å². The summed E-state index contributed by atoms with van der Waals surface area (Å²) in [4.78, 5) is 12.0. The fraction of sp³-hybridized carbons (Fsp3) is 0.467. The van der Waals surface area contributed by atoms with E-state index in [2.05, 4.69) is 11.4 Å². The molecule has 0 spiro atoms. The van der Waals surface area contributed by atoms with E-state index in [1.54, 1.807) is 32.0 Å². The first-order valence-electron chi connectivity index (χ1n) is 6.30. The Bertz CT molecular complexity index is 487. The van der Waals surface area contributed by atoms with Gasteiger partial charge < -0.3 is 10.1 Å². The Morgan fingerprint density at radius 3 is 2.74 bits per heavy atom. The van der Waals surface area contributed by atoms with Gasteiger partial charge in [0.2, 0.25) is 0 Å². The Balaban J connectivity index is 2.70. The first-order chi connectivity index (χ1) is 8.84. The predicted octanol–water partition coefficient (Wildman–Crippen LogP) is 2.75. The van der Waals surface area contributed by atoms with Crippen LogP contribution in [0.5, 0.6) is 5.75 Å². The highest BCUT2D eigenvalue weighted by molar-refractivity contribution is 5.94. The molecule has 1 N–H and O–H groups in total. The van der Waals surface area contributed by atoms with Gasteiger partial charge in [-0.1, -0.05) is 6.07 Å². The number of nitriles is 1. The molecule has 0 atom stereocenters. The van der Waals surface area contributed by atoms with Crippen LogP contribution in [-0.4, -0.2) is 18.6 Å². The minimum Gasteiger partial charge on any atom is -0.491 e. The highest BCUT2D eigenvalue weighted by Crippen LogP contribution is 2.16. The number of nitrogens with one attached hydrogen (secondary N) is 1. The van der Waals surface area contributed by atoms with E-state index in [9.17, 15) is 4.79 Å². The van der Waals surface area contributed by atoms with Gasteiger partial charge in [0.05, 0.1) is 17.6 Å². The highest BCUT2D eigenvalue weighted by atomic mass is 16.5. The van der Waals surface area contributed by atoms with Gasteiger partial charge in [0.25, 0.3) is 5.91 Å². The summed E-state index contributed by atoms with van der Waals surface area (Å²) in [7, 11) is 0. The van der Waals surface area contributed by atoms with Crippen LogP contribution in [0.2, 0.25) is 0 Å². The van der Waals surface area contributed by atoms with E-state index in [4.69, 9.17) is 10.00 Å². The molecule has 4 nitrogen and oxygen atoms in total. The van der Waals surface area contributed by atoms with Crippen molar-refractivity contribution in [1.29, 1.82) is 5.26 Å². The maximum atomic E-state index is 12.0. The van der Waals surface area contributed by atoms with E-state index in [1.165, 1.54) is 0 Å². The first kappa shape index (κ1) is 15.0. The Hall–Kier alpha value is -2.02. The van der Waals surface area contributed by atoms with Gasteiger partial charge in [-0.2, -0.15) is 5.26 Å². The number of carbonyl (C=O) groups excluding carboxylic acids is 1. The Labute approximate surface area is 114 Å². The van der Waals surface area contributed by atoms with Crippen molar-refractivity contribution in [1.82, 2.24) is 5.32 Å². The number of rotatable bonds is 5. The van der Waals surface area contributed by atoms with Crippen molar-refractivity contribution in [2.24, 2.45) is 5.41 Å². The molecule has 1 aromatic rings. The van der Waals surface area contributed by atoms with Crippen molar-refractivity contribution in [3.63, 3.8) is 0 Å². The van der Waals surface area contributed by atoms with Crippen LogP contribution in [0.15, 0.2) is 24.3 Å². The molecule has 0 radical (unpaired) electrons. The standard InChI is InChI=1S/C15H20N2O2/c1-11(2)19-13-7-5-6-12(8-13)14(18)17-10-15(3,4)9-16/h5-8,11H,10H2,1-4H3,(H,17,18). The van der Waals surface area contributed by atoms with Crippen molar-refractivity contribution in [2.45, 2.75) is 33.8 Å². The molecule has 0 saturated heterocycles. The van der Waals surface area contributed by atoms with Gasteiger partial charge in [-0.05, 0) is 45.9 Å². The molecule has 102 valence electrons. The van der Waals surface area contributed by atoms with Crippen LogP contribution in [-0.2, 0) is 0 Å². The molecule has 0 aliphatic rings. The monoisotopic (exact) mass is 260 g/mol. The van der Waals surface area contributed by atoms with Crippen LogP contribution in [0.25, 0.3) is 0 Å². The van der Waals surface area contributed by atoms with Crippen molar-refractivity contribution in [3.8, 4) is 11.8 Å². The number of ether oxygens (including phenoxy) is 1. The third-order valence-electron chi connectivity index (χ3n) is 2.46. The molecule has 1 amide bonds. The molecular formula is C15H20N2O2. The fourth-order valence-electron chi connectivity index (χ4n) is 1.43. The van der Waals surface area contributed by atoms with E-state index >= 15 is 0 Å². The summed E-state index contributed by atoms with van der Waals surface area (Å²) in [5.41, 5.74) is -0.0336. The molecule has 0 unspecified atom stereocenters. The normalized spacial score (nSPS) is 10.9. The summed E-state index contributed by atoms with van der Waals surface area (Å²) in [6.07, 6.45) is 0.0656. The SMILES string of the molecule is CC(C)Oc1cccc(C(=O)NCC(C)(C)C#N)c1. The average Bonchev–Trinajstić information content (AvgIpc) is 2.35. The van der Waals surface area contributed by atoms with Gasteiger partial charge >= 0.3 is 0 Å². The summed E-state index contributed by atoms with van der Waals surface area (Å²) in [6.45, 7) is 7.75. The number of nitrogens with zero attached hydrogens (tertiary/aromatic N) is 1. The summed E-state index contributed by atoms with van der Waals surface area (Å²) in [5.74, 6) is 0.472. The van der Waals surface area contributed by atoms with E-state index < -0.39 is 5.41 Å². The smallest absolute Gasteiger partial charge is 0.251 e. The maximum absolute atomic E-state index is 12.0. The van der Waals surface area contributed by atoms with Gasteiger partial charge in [-0.15, -0.1) is 0 Å². The molecule has 1 aromatic carbocycles. The zero-order valence-electron chi connectivity index (χ0n) is 11.9. The molecule has 0 aromatic heterocycles. The Kier molecular flexibility index (Phi) is 4.94. The van der Waals surface area contributed by atoms with Crippen molar-refractivity contribution in [3.05, 3.63) is 29.8 Å². The second-order valence-corrected chi connectivity index (χ2v) is 5.37. The van der Waals surface area contributed by atoms with Gasteiger partial charge in [0, 0.05) is 12.1 Å². The number of benzene rings is 1. The van der Waals surface area contributed by atoms with Gasteiger partial charge in [-0.3, -0.25) is 4.79 Å². The van der Waals surface area contributed by atoms with E-state index in [-0.39, 0.29) is 12.0 Å². The van der Waals surface area contributed by atoms with Gasteiger partial charge in [-0.25, -0.2) is 0 Å². The van der Waals surface area contributed by atoms with Crippen LogP contribution >= 0.6 is 0 Å². The van der Waals surface area contributed by atoms with Crippen molar-refractivity contribution >= 4 is 5.91 Å². The first-order valence-corrected chi connectivity index (χ1v) is 6.30. The third-order valence-corrected chi connectivity index (χ3v) is 2.46. The molecule has 0 aliphatic carbocycles. The lowest BCUT2D eigenvalue weighted by Crippen LogP contribution is -2.33. The number of hydrogen-bond acceptors (Lipinski definition) is 3. The predicted molar refractivity (Wildman–Crippen MR) is 73.9 cm³/mol. The zero-order valence-corrected chi connectivity index (χ0v) is 11.9. The van der Waals surface area contributed by atoms with E-state index in [1.807, 2.05) is 19.9 Å². The number of carbonyl (C=O) groups is 1. The summed E-state index contributed by atoms with van der Waals surface area (Å²) >= 11 is 0. The molecule has 0 aliphatic heterocycles. The van der Waals surface area contributed by atoms with Crippen LogP contribution in [0.3, 0.4) is 0 Å². The minimum atomic E-state index is -0.568. The molecule has 4 heteroatoms. The lowest BCUT2D eigenvalue weighted by Gasteiger charge is -2.16. The lowest BCUT2D eigenvalue weighted by atomic mass is 9.96. The minimum absolute atomic E-state index is 0.0656. The maximum Gasteiger partial charge on any atom is 0.251 e. The van der Waals surface area contributed by atoms with Gasteiger partial charge in [0.15, 0.2) is 0 Å². The van der Waals surface area contributed by atoms with Crippen LogP contribution in [0.4, 0.5) is 0 Å². The molecule has 0 fully saturated rings. The molecular weight excluding hydrogens is 240 g/mol. The number of amides is 1. The van der Waals surface area contributed by atoms with E-state index in [0.717, 1.165) is 0 Å². The molecule has 0 heterocycles.